The van der Waals surface area contributed by atoms with E-state index in [0.717, 1.165) is 6.42 Å². The lowest BCUT2D eigenvalue weighted by molar-refractivity contribution is -0.117. The maximum atomic E-state index is 11.8. The normalized spacial score (nSPS) is 14.4. The van der Waals surface area contributed by atoms with Gasteiger partial charge in [-0.2, -0.15) is 0 Å². The smallest absolute Gasteiger partial charge is 0.240 e. The van der Waals surface area contributed by atoms with Crippen LogP contribution in [0.5, 0.6) is 0 Å². The molecular weight excluding hydrogens is 277 g/mol. The van der Waals surface area contributed by atoms with Crippen LogP contribution in [0, 0.1) is 0 Å². The highest BCUT2D eigenvalue weighted by molar-refractivity contribution is 9.10. The zero-order chi connectivity index (χ0) is 11.5. The van der Waals surface area contributed by atoms with Gasteiger partial charge in [0.1, 0.15) is 4.32 Å². The van der Waals surface area contributed by atoms with Crippen LogP contribution in [0.3, 0.4) is 0 Å². The third-order valence-corrected chi connectivity index (χ3v) is 3.38. The lowest BCUT2D eigenvalue weighted by atomic mass is 10.1. The molecule has 1 aromatic rings. The Labute approximate surface area is 103 Å². The van der Waals surface area contributed by atoms with Gasteiger partial charge >= 0.3 is 0 Å². The molecule has 0 bridgehead atoms. The monoisotopic (exact) mass is 289 g/mol. The molecule has 1 amide bonds. The van der Waals surface area contributed by atoms with Crippen molar-refractivity contribution in [2.45, 2.75) is 24.6 Å². The first-order valence-corrected chi connectivity index (χ1v) is 5.89. The summed E-state index contributed by atoms with van der Waals surface area (Å²) in [6.07, 6.45) is 0.722. The van der Waals surface area contributed by atoms with Crippen molar-refractivity contribution in [1.29, 1.82) is 0 Å². The average molecular weight is 291 g/mol. The first-order chi connectivity index (χ1) is 6.95. The number of carbonyl (C=O) groups excluding carboxylic acids is 1. The van der Waals surface area contributed by atoms with Crippen molar-refractivity contribution in [3.8, 4) is 0 Å². The Bertz CT molecular complexity index is 365. The standard InChI is InChI=1S/C11H13BrClNO/c1-3-11(2,12)10(15)14-9-6-4-5-8(13)7-9/h4-7H,3H2,1-2H3,(H,14,15). The van der Waals surface area contributed by atoms with E-state index in [0.29, 0.717) is 10.7 Å². The number of rotatable bonds is 3. The number of amides is 1. The quantitative estimate of drug-likeness (QED) is 0.842. The Hall–Kier alpha value is -0.540. The Morgan fingerprint density at radius 1 is 1.60 bits per heavy atom. The van der Waals surface area contributed by atoms with E-state index in [-0.39, 0.29) is 5.91 Å². The fourth-order valence-corrected chi connectivity index (χ4v) is 1.28. The van der Waals surface area contributed by atoms with Crippen LogP contribution in [0.2, 0.25) is 5.02 Å². The summed E-state index contributed by atoms with van der Waals surface area (Å²) in [5.41, 5.74) is 0.714. The van der Waals surface area contributed by atoms with Crippen LogP contribution in [0.4, 0.5) is 5.69 Å². The second-order valence-electron chi connectivity index (χ2n) is 3.52. The molecule has 0 spiro atoms. The predicted octanol–water partition coefficient (Wildman–Crippen LogP) is 3.84. The molecule has 0 saturated heterocycles. The summed E-state index contributed by atoms with van der Waals surface area (Å²) < 4.78 is -0.532. The van der Waals surface area contributed by atoms with Gasteiger partial charge in [0, 0.05) is 10.7 Å². The summed E-state index contributed by atoms with van der Waals surface area (Å²) in [5, 5.41) is 3.42. The highest BCUT2D eigenvalue weighted by atomic mass is 79.9. The molecule has 0 saturated carbocycles. The van der Waals surface area contributed by atoms with Crippen molar-refractivity contribution in [3.05, 3.63) is 29.3 Å². The lowest BCUT2D eigenvalue weighted by Crippen LogP contribution is -2.33. The van der Waals surface area contributed by atoms with Gasteiger partial charge in [-0.05, 0) is 31.5 Å². The molecule has 2 nitrogen and oxygen atoms in total. The zero-order valence-electron chi connectivity index (χ0n) is 8.68. The topological polar surface area (TPSA) is 29.1 Å². The first kappa shape index (κ1) is 12.5. The van der Waals surface area contributed by atoms with E-state index >= 15 is 0 Å². The third-order valence-electron chi connectivity index (χ3n) is 2.22. The number of hydrogen-bond acceptors (Lipinski definition) is 1. The summed E-state index contributed by atoms with van der Waals surface area (Å²) in [7, 11) is 0. The average Bonchev–Trinajstić information content (AvgIpc) is 2.17. The van der Waals surface area contributed by atoms with Crippen molar-refractivity contribution < 1.29 is 4.79 Å². The molecule has 1 unspecified atom stereocenters. The SMILES string of the molecule is CCC(C)(Br)C(=O)Nc1cccc(Cl)c1. The van der Waals surface area contributed by atoms with E-state index in [2.05, 4.69) is 21.2 Å². The van der Waals surface area contributed by atoms with Crippen LogP contribution >= 0.6 is 27.5 Å². The van der Waals surface area contributed by atoms with Crippen LogP contribution in [0.25, 0.3) is 0 Å². The summed E-state index contributed by atoms with van der Waals surface area (Å²) in [6.45, 7) is 3.79. The highest BCUT2D eigenvalue weighted by Gasteiger charge is 2.27. The molecule has 4 heteroatoms. The van der Waals surface area contributed by atoms with Crippen molar-refractivity contribution in [1.82, 2.24) is 0 Å². The van der Waals surface area contributed by atoms with Gasteiger partial charge in [0.25, 0.3) is 0 Å². The Kier molecular flexibility index (Phi) is 4.17. The molecule has 1 rings (SSSR count). The number of nitrogens with one attached hydrogen (secondary N) is 1. The van der Waals surface area contributed by atoms with Crippen LogP contribution in [0.1, 0.15) is 20.3 Å². The molecule has 0 aliphatic carbocycles. The third kappa shape index (κ3) is 3.50. The van der Waals surface area contributed by atoms with Gasteiger partial charge in [-0.25, -0.2) is 0 Å². The predicted molar refractivity (Wildman–Crippen MR) is 67.7 cm³/mol. The van der Waals surface area contributed by atoms with Gasteiger partial charge in [-0.3, -0.25) is 4.79 Å². The van der Waals surface area contributed by atoms with Gasteiger partial charge in [0.2, 0.25) is 5.91 Å². The van der Waals surface area contributed by atoms with Gasteiger partial charge in [0.05, 0.1) is 0 Å². The van der Waals surface area contributed by atoms with Gasteiger partial charge < -0.3 is 5.32 Å². The maximum Gasteiger partial charge on any atom is 0.240 e. The second kappa shape index (κ2) is 4.99. The molecule has 1 N–H and O–H groups in total. The largest absolute Gasteiger partial charge is 0.325 e. The second-order valence-corrected chi connectivity index (χ2v) is 5.70. The van der Waals surface area contributed by atoms with Gasteiger partial charge in [-0.1, -0.05) is 40.5 Å². The lowest BCUT2D eigenvalue weighted by Gasteiger charge is -2.19. The van der Waals surface area contributed by atoms with E-state index in [9.17, 15) is 4.79 Å². The minimum atomic E-state index is -0.532. The minimum absolute atomic E-state index is 0.0627. The zero-order valence-corrected chi connectivity index (χ0v) is 11.0. The van der Waals surface area contributed by atoms with E-state index < -0.39 is 4.32 Å². The van der Waals surface area contributed by atoms with Crippen molar-refractivity contribution in [3.63, 3.8) is 0 Å². The molecule has 0 fully saturated rings. The van der Waals surface area contributed by atoms with Crippen LogP contribution in [-0.2, 0) is 4.79 Å². The Balaban J connectivity index is 2.75. The first-order valence-electron chi connectivity index (χ1n) is 4.71. The van der Waals surface area contributed by atoms with Crippen molar-refractivity contribution >= 4 is 39.1 Å². The number of benzene rings is 1. The van der Waals surface area contributed by atoms with Crippen LogP contribution in [-0.4, -0.2) is 10.2 Å². The molecule has 1 atom stereocenters. The molecule has 82 valence electrons. The van der Waals surface area contributed by atoms with Crippen LogP contribution in [0.15, 0.2) is 24.3 Å². The molecule has 0 aliphatic heterocycles. The molecular formula is C11H13BrClNO. The number of alkyl halides is 1. The number of hydrogen-bond donors (Lipinski definition) is 1. The number of anilines is 1. The molecule has 0 aromatic heterocycles. The van der Waals surface area contributed by atoms with E-state index in [4.69, 9.17) is 11.6 Å². The van der Waals surface area contributed by atoms with Crippen molar-refractivity contribution in [2.24, 2.45) is 0 Å². The Morgan fingerprint density at radius 2 is 2.27 bits per heavy atom. The van der Waals surface area contributed by atoms with E-state index in [1.54, 1.807) is 18.2 Å². The summed E-state index contributed by atoms with van der Waals surface area (Å²) in [5.74, 6) is -0.0627. The number of halogens is 2. The highest BCUT2D eigenvalue weighted by Crippen LogP contribution is 2.24. The van der Waals surface area contributed by atoms with Gasteiger partial charge in [0.15, 0.2) is 0 Å². The van der Waals surface area contributed by atoms with E-state index in [1.807, 2.05) is 19.9 Å². The van der Waals surface area contributed by atoms with Crippen molar-refractivity contribution in [2.75, 3.05) is 5.32 Å². The molecule has 15 heavy (non-hydrogen) atoms. The minimum Gasteiger partial charge on any atom is -0.325 e. The molecule has 0 aliphatic rings. The molecule has 1 aromatic carbocycles. The molecule has 0 heterocycles. The van der Waals surface area contributed by atoms with Crippen LogP contribution < -0.4 is 5.32 Å². The van der Waals surface area contributed by atoms with E-state index in [1.165, 1.54) is 0 Å². The fourth-order valence-electron chi connectivity index (χ4n) is 0.988. The summed E-state index contributed by atoms with van der Waals surface area (Å²) in [4.78, 5) is 11.8. The van der Waals surface area contributed by atoms with Gasteiger partial charge in [-0.15, -0.1) is 0 Å². The summed E-state index contributed by atoms with van der Waals surface area (Å²) in [6, 6.07) is 7.10. The summed E-state index contributed by atoms with van der Waals surface area (Å²) >= 11 is 9.19. The fraction of sp³-hybridized carbons (Fsp3) is 0.364. The Morgan fingerprint density at radius 3 is 2.80 bits per heavy atom. The molecule has 0 radical (unpaired) electrons. The maximum absolute atomic E-state index is 11.8. The number of carbonyl (C=O) groups is 1.